The van der Waals surface area contributed by atoms with Crippen LogP contribution in [0.15, 0.2) is 47.5 Å². The lowest BCUT2D eigenvalue weighted by Gasteiger charge is -2.18. The van der Waals surface area contributed by atoms with Crippen LogP contribution in [0.4, 0.5) is 4.39 Å². The smallest absolute Gasteiger partial charge is 0.253 e. The van der Waals surface area contributed by atoms with Gasteiger partial charge in [0.05, 0.1) is 0 Å². The van der Waals surface area contributed by atoms with Crippen LogP contribution in [0.3, 0.4) is 0 Å². The predicted molar refractivity (Wildman–Crippen MR) is 140 cm³/mol. The van der Waals surface area contributed by atoms with Crippen molar-refractivity contribution in [1.29, 1.82) is 0 Å². The SMILES string of the molecule is CCN(CC)C(=O)c1ccc(CNC(=NC)NCc2ccc(F)cc2CSC)cc1.I. The summed E-state index contributed by atoms with van der Waals surface area (Å²) in [7, 11) is 1.72. The lowest BCUT2D eigenvalue weighted by Crippen LogP contribution is -2.36. The summed E-state index contributed by atoms with van der Waals surface area (Å²) < 4.78 is 13.5. The number of nitrogens with zero attached hydrogens (tertiary/aromatic N) is 2. The minimum absolute atomic E-state index is 0. The van der Waals surface area contributed by atoms with E-state index in [1.54, 1.807) is 29.8 Å². The fourth-order valence-corrected chi connectivity index (χ4v) is 3.68. The molecule has 2 rings (SSSR count). The van der Waals surface area contributed by atoms with Gasteiger partial charge in [0.15, 0.2) is 5.96 Å². The number of rotatable bonds is 9. The third-order valence-corrected chi connectivity index (χ3v) is 5.45. The average Bonchev–Trinajstić information content (AvgIpc) is 2.76. The van der Waals surface area contributed by atoms with Crippen LogP contribution in [0, 0.1) is 5.82 Å². The van der Waals surface area contributed by atoms with Gasteiger partial charge in [-0.3, -0.25) is 9.79 Å². The number of benzene rings is 2. The summed E-state index contributed by atoms with van der Waals surface area (Å²) in [5, 5.41) is 6.56. The normalized spacial score (nSPS) is 10.9. The van der Waals surface area contributed by atoms with Gasteiger partial charge in [0, 0.05) is 44.5 Å². The van der Waals surface area contributed by atoms with Crippen LogP contribution in [-0.4, -0.2) is 43.2 Å². The van der Waals surface area contributed by atoms with Crippen molar-refractivity contribution in [3.63, 3.8) is 0 Å². The Bertz CT molecular complexity index is 857. The first-order valence-corrected chi connectivity index (χ1v) is 11.5. The lowest BCUT2D eigenvalue weighted by molar-refractivity contribution is 0.0773. The van der Waals surface area contributed by atoms with E-state index in [9.17, 15) is 9.18 Å². The van der Waals surface area contributed by atoms with E-state index in [0.29, 0.717) is 37.7 Å². The highest BCUT2D eigenvalue weighted by molar-refractivity contribution is 14.0. The molecule has 0 aliphatic carbocycles. The van der Waals surface area contributed by atoms with Gasteiger partial charge >= 0.3 is 0 Å². The summed E-state index contributed by atoms with van der Waals surface area (Å²) >= 11 is 1.67. The Morgan fingerprint density at radius 1 is 1.03 bits per heavy atom. The first-order chi connectivity index (χ1) is 14.5. The number of aliphatic imine (C=N–C) groups is 1. The van der Waals surface area contributed by atoms with Crippen molar-refractivity contribution < 1.29 is 9.18 Å². The summed E-state index contributed by atoms with van der Waals surface area (Å²) in [6.45, 7) is 6.51. The van der Waals surface area contributed by atoms with Gasteiger partial charge in [-0.05, 0) is 61.1 Å². The zero-order valence-electron chi connectivity index (χ0n) is 18.6. The minimum atomic E-state index is -0.215. The molecular formula is C23H32FIN4OS. The fraction of sp³-hybridized carbons (Fsp3) is 0.391. The molecule has 31 heavy (non-hydrogen) atoms. The second-order valence-corrected chi connectivity index (χ2v) is 7.67. The molecule has 2 N–H and O–H groups in total. The third kappa shape index (κ3) is 8.33. The minimum Gasteiger partial charge on any atom is -0.352 e. The van der Waals surface area contributed by atoms with Gasteiger partial charge in [-0.15, -0.1) is 24.0 Å². The van der Waals surface area contributed by atoms with E-state index in [-0.39, 0.29) is 35.7 Å². The van der Waals surface area contributed by atoms with E-state index in [4.69, 9.17) is 0 Å². The van der Waals surface area contributed by atoms with E-state index in [0.717, 1.165) is 22.4 Å². The van der Waals surface area contributed by atoms with Crippen molar-refractivity contribution >= 4 is 47.6 Å². The van der Waals surface area contributed by atoms with Crippen molar-refractivity contribution in [2.24, 2.45) is 4.99 Å². The molecule has 0 aromatic heterocycles. The van der Waals surface area contributed by atoms with Crippen LogP contribution in [0.2, 0.25) is 0 Å². The molecule has 0 heterocycles. The molecule has 0 saturated carbocycles. The van der Waals surface area contributed by atoms with E-state index in [1.165, 1.54) is 6.07 Å². The number of guanidine groups is 1. The van der Waals surface area contributed by atoms with Crippen molar-refractivity contribution in [2.75, 3.05) is 26.4 Å². The van der Waals surface area contributed by atoms with Crippen molar-refractivity contribution in [2.45, 2.75) is 32.7 Å². The number of halogens is 2. The number of amides is 1. The van der Waals surface area contributed by atoms with Gasteiger partial charge in [0.1, 0.15) is 5.82 Å². The van der Waals surface area contributed by atoms with E-state index < -0.39 is 0 Å². The largest absolute Gasteiger partial charge is 0.352 e. The quantitative estimate of drug-likeness (QED) is 0.267. The summed E-state index contributed by atoms with van der Waals surface area (Å²) in [5.41, 5.74) is 3.79. The molecule has 0 saturated heterocycles. The molecule has 1 amide bonds. The highest BCUT2D eigenvalue weighted by atomic mass is 127. The first-order valence-electron chi connectivity index (χ1n) is 10.1. The van der Waals surface area contributed by atoms with Gasteiger partial charge < -0.3 is 15.5 Å². The maximum Gasteiger partial charge on any atom is 0.253 e. The van der Waals surface area contributed by atoms with E-state index in [1.807, 2.05) is 50.4 Å². The third-order valence-electron chi connectivity index (χ3n) is 4.85. The van der Waals surface area contributed by atoms with Crippen LogP contribution < -0.4 is 10.6 Å². The summed E-state index contributed by atoms with van der Waals surface area (Å²) in [5.74, 6) is 1.27. The molecule has 0 aliphatic heterocycles. The summed E-state index contributed by atoms with van der Waals surface area (Å²) in [4.78, 5) is 18.5. The number of carbonyl (C=O) groups is 1. The van der Waals surface area contributed by atoms with Gasteiger partial charge in [0.2, 0.25) is 0 Å². The molecule has 0 fully saturated rings. The first kappa shape index (κ1) is 27.2. The Labute approximate surface area is 206 Å². The fourth-order valence-electron chi connectivity index (χ4n) is 3.10. The van der Waals surface area contributed by atoms with Crippen molar-refractivity contribution in [3.05, 3.63) is 70.5 Å². The zero-order valence-corrected chi connectivity index (χ0v) is 21.7. The second kappa shape index (κ2) is 14.3. The van der Waals surface area contributed by atoms with Crippen LogP contribution in [0.5, 0.6) is 0 Å². The standard InChI is InChI=1S/C23H31FN4OS.HI/c1-5-28(6-2)22(29)18-9-7-17(8-10-18)14-26-23(25-3)27-15-19-11-12-21(24)13-20(19)16-30-4;/h7-13H,5-6,14-16H2,1-4H3,(H2,25,26,27);1H. The molecule has 2 aromatic carbocycles. The number of nitrogens with one attached hydrogen (secondary N) is 2. The molecule has 0 unspecified atom stereocenters. The topological polar surface area (TPSA) is 56.7 Å². The van der Waals surface area contributed by atoms with Crippen LogP contribution in [0.25, 0.3) is 0 Å². The number of carbonyl (C=O) groups excluding carboxylic acids is 1. The number of thioether (sulfide) groups is 1. The average molecular weight is 559 g/mol. The molecular weight excluding hydrogens is 526 g/mol. The van der Waals surface area contributed by atoms with Crippen molar-refractivity contribution in [1.82, 2.24) is 15.5 Å². The maximum atomic E-state index is 13.5. The molecule has 8 heteroatoms. The molecule has 0 spiro atoms. The molecule has 0 aliphatic rings. The Hall–Kier alpha value is -1.81. The molecule has 0 radical (unpaired) electrons. The molecule has 2 aromatic rings. The van der Waals surface area contributed by atoms with Crippen LogP contribution in [0.1, 0.15) is 40.9 Å². The van der Waals surface area contributed by atoms with Crippen molar-refractivity contribution in [3.8, 4) is 0 Å². The van der Waals surface area contributed by atoms with Crippen LogP contribution >= 0.6 is 35.7 Å². The Morgan fingerprint density at radius 3 is 2.26 bits per heavy atom. The number of hydrogen-bond donors (Lipinski definition) is 2. The maximum absolute atomic E-state index is 13.5. The predicted octanol–water partition coefficient (Wildman–Crippen LogP) is 4.65. The summed E-state index contributed by atoms with van der Waals surface area (Å²) in [6.07, 6.45) is 2.00. The summed E-state index contributed by atoms with van der Waals surface area (Å²) in [6, 6.07) is 12.5. The monoisotopic (exact) mass is 558 g/mol. The van der Waals surface area contributed by atoms with Crippen LogP contribution in [-0.2, 0) is 18.8 Å². The Morgan fingerprint density at radius 2 is 1.68 bits per heavy atom. The molecule has 0 atom stereocenters. The lowest BCUT2D eigenvalue weighted by atomic mass is 10.1. The molecule has 0 bridgehead atoms. The van der Waals surface area contributed by atoms with E-state index >= 15 is 0 Å². The van der Waals surface area contributed by atoms with Gasteiger partial charge in [-0.25, -0.2) is 4.39 Å². The van der Waals surface area contributed by atoms with Gasteiger partial charge in [-0.2, -0.15) is 11.8 Å². The second-order valence-electron chi connectivity index (χ2n) is 6.80. The Kier molecular flexibility index (Phi) is 12.5. The molecule has 5 nitrogen and oxygen atoms in total. The Balaban J connectivity index is 0.00000480. The number of hydrogen-bond acceptors (Lipinski definition) is 3. The van der Waals surface area contributed by atoms with E-state index in [2.05, 4.69) is 15.6 Å². The van der Waals surface area contributed by atoms with Gasteiger partial charge in [0.25, 0.3) is 5.91 Å². The highest BCUT2D eigenvalue weighted by Crippen LogP contribution is 2.16. The highest BCUT2D eigenvalue weighted by Gasteiger charge is 2.12. The van der Waals surface area contributed by atoms with Gasteiger partial charge in [-0.1, -0.05) is 18.2 Å². The zero-order chi connectivity index (χ0) is 21.9. The molecule has 170 valence electrons.